The molecule has 3 fully saturated rings. The minimum Gasteiger partial charge on any atom is -0.350 e. The molecule has 2 saturated heterocycles. The van der Waals surface area contributed by atoms with Crippen LogP contribution in [0.1, 0.15) is 25.7 Å². The van der Waals surface area contributed by atoms with Crippen molar-refractivity contribution in [2.45, 2.75) is 31.7 Å². The lowest BCUT2D eigenvalue weighted by molar-refractivity contribution is -0.133. The van der Waals surface area contributed by atoms with Crippen LogP contribution >= 0.6 is 12.4 Å². The van der Waals surface area contributed by atoms with E-state index in [4.69, 9.17) is 0 Å². The van der Waals surface area contributed by atoms with Crippen LogP contribution in [0.3, 0.4) is 0 Å². The van der Waals surface area contributed by atoms with E-state index in [0.717, 1.165) is 13.0 Å². The Bertz CT molecular complexity index is 609. The maximum atomic E-state index is 12.3. The van der Waals surface area contributed by atoms with Gasteiger partial charge in [0.15, 0.2) is 0 Å². The Morgan fingerprint density at radius 3 is 2.56 bits per heavy atom. The molecule has 0 bridgehead atoms. The van der Waals surface area contributed by atoms with Crippen LogP contribution in [-0.4, -0.2) is 80.8 Å². The molecule has 25 heavy (non-hydrogen) atoms. The van der Waals surface area contributed by atoms with E-state index >= 15 is 0 Å². The van der Waals surface area contributed by atoms with Crippen LogP contribution in [0.2, 0.25) is 0 Å². The third kappa shape index (κ3) is 5.82. The van der Waals surface area contributed by atoms with E-state index in [1.807, 2.05) is 0 Å². The van der Waals surface area contributed by atoms with Crippen LogP contribution in [0.4, 0.5) is 0 Å². The van der Waals surface area contributed by atoms with E-state index in [-0.39, 0.29) is 42.6 Å². The molecule has 0 aromatic carbocycles. The molecule has 0 aromatic rings. The first-order valence-corrected chi connectivity index (χ1v) is 10.8. The number of hydrogen-bond acceptors (Lipinski definition) is 5. The van der Waals surface area contributed by atoms with Gasteiger partial charge in [-0.3, -0.25) is 14.5 Å². The summed E-state index contributed by atoms with van der Waals surface area (Å²) in [6.45, 7) is 2.91. The number of amides is 2. The average molecular weight is 394 g/mol. The monoisotopic (exact) mass is 393 g/mol. The van der Waals surface area contributed by atoms with Gasteiger partial charge in [-0.05, 0) is 31.1 Å². The van der Waals surface area contributed by atoms with Gasteiger partial charge >= 0.3 is 0 Å². The summed E-state index contributed by atoms with van der Waals surface area (Å²) in [6.07, 6.45) is 5.02. The van der Waals surface area contributed by atoms with Crippen LogP contribution in [0.5, 0.6) is 0 Å². The lowest BCUT2D eigenvalue weighted by Crippen LogP contribution is -2.46. The molecule has 2 amide bonds. The second-order valence-corrected chi connectivity index (χ2v) is 9.74. The minimum atomic E-state index is -2.97. The molecule has 2 heterocycles. The Labute approximate surface area is 155 Å². The summed E-state index contributed by atoms with van der Waals surface area (Å²) in [6, 6.07) is 0.0715. The van der Waals surface area contributed by atoms with Crippen LogP contribution in [0.25, 0.3) is 0 Å². The fourth-order valence-electron chi connectivity index (χ4n) is 3.84. The average Bonchev–Trinajstić information content (AvgIpc) is 3.14. The van der Waals surface area contributed by atoms with Gasteiger partial charge in [0.1, 0.15) is 9.84 Å². The molecule has 0 aromatic heterocycles. The first-order chi connectivity index (χ1) is 11.3. The fraction of sp³-hybridized carbons (Fsp3) is 0.875. The fourth-order valence-corrected chi connectivity index (χ4v) is 4.43. The highest BCUT2D eigenvalue weighted by molar-refractivity contribution is 7.90. The zero-order chi connectivity index (χ0) is 17.3. The van der Waals surface area contributed by atoms with Crippen molar-refractivity contribution in [1.29, 1.82) is 0 Å². The van der Waals surface area contributed by atoms with Crippen molar-refractivity contribution in [1.82, 2.24) is 15.1 Å². The summed E-state index contributed by atoms with van der Waals surface area (Å²) in [5.41, 5.74) is 0. The summed E-state index contributed by atoms with van der Waals surface area (Å²) >= 11 is 0. The zero-order valence-corrected chi connectivity index (χ0v) is 16.3. The molecule has 0 spiro atoms. The molecular weight excluding hydrogens is 366 g/mol. The van der Waals surface area contributed by atoms with Crippen molar-refractivity contribution >= 4 is 34.1 Å². The van der Waals surface area contributed by atoms with Crippen molar-refractivity contribution < 1.29 is 18.0 Å². The highest BCUT2D eigenvalue weighted by Gasteiger charge is 2.43. The molecule has 1 aliphatic carbocycles. The van der Waals surface area contributed by atoms with Gasteiger partial charge in [-0.15, -0.1) is 12.4 Å². The van der Waals surface area contributed by atoms with E-state index in [1.54, 1.807) is 4.90 Å². The Morgan fingerprint density at radius 2 is 2.00 bits per heavy atom. The van der Waals surface area contributed by atoms with Crippen LogP contribution in [0.15, 0.2) is 0 Å². The largest absolute Gasteiger partial charge is 0.350 e. The van der Waals surface area contributed by atoms with Gasteiger partial charge in [-0.2, -0.15) is 0 Å². The first kappa shape index (κ1) is 20.5. The molecule has 3 rings (SSSR count). The SMILES string of the molecule is CS(=O)(=O)CCN1C[C@H](NC(=O)CN2CCCC2=O)[C@@H](C2CC2)C1.Cl. The normalized spacial score (nSPS) is 27.4. The molecule has 9 heteroatoms. The molecule has 1 saturated carbocycles. The predicted molar refractivity (Wildman–Crippen MR) is 97.4 cm³/mol. The number of nitrogens with one attached hydrogen (secondary N) is 1. The summed E-state index contributed by atoms with van der Waals surface area (Å²) in [7, 11) is -2.97. The van der Waals surface area contributed by atoms with Crippen molar-refractivity contribution in [2.75, 3.05) is 44.7 Å². The molecule has 7 nitrogen and oxygen atoms in total. The van der Waals surface area contributed by atoms with Gasteiger partial charge < -0.3 is 10.2 Å². The van der Waals surface area contributed by atoms with Crippen molar-refractivity contribution in [2.24, 2.45) is 11.8 Å². The highest BCUT2D eigenvalue weighted by atomic mass is 35.5. The van der Waals surface area contributed by atoms with Gasteiger partial charge in [0.2, 0.25) is 11.8 Å². The van der Waals surface area contributed by atoms with E-state index in [9.17, 15) is 18.0 Å². The number of carbonyl (C=O) groups is 2. The third-order valence-corrected chi connectivity index (χ3v) is 6.22. The maximum Gasteiger partial charge on any atom is 0.239 e. The standard InChI is InChI=1S/C16H27N3O4S.ClH/c1-24(22,23)8-7-18-9-13(12-4-5-12)14(10-18)17-15(20)11-19-6-2-3-16(19)21;/h12-14H,2-11H2,1H3,(H,17,20);1H/t13-,14+;/m1./s1. The lowest BCUT2D eigenvalue weighted by atomic mass is 9.98. The van der Waals surface area contributed by atoms with Gasteiger partial charge in [0, 0.05) is 44.9 Å². The number of likely N-dealkylation sites (tertiary alicyclic amines) is 2. The second kappa shape index (κ2) is 8.22. The number of sulfone groups is 1. The van der Waals surface area contributed by atoms with Gasteiger partial charge in [-0.1, -0.05) is 0 Å². The van der Waals surface area contributed by atoms with E-state index < -0.39 is 9.84 Å². The highest BCUT2D eigenvalue weighted by Crippen LogP contribution is 2.41. The Morgan fingerprint density at radius 1 is 1.28 bits per heavy atom. The topological polar surface area (TPSA) is 86.8 Å². The molecule has 0 radical (unpaired) electrons. The summed E-state index contributed by atoms with van der Waals surface area (Å²) < 4.78 is 22.7. The third-order valence-electron chi connectivity index (χ3n) is 5.30. The van der Waals surface area contributed by atoms with Crippen molar-refractivity contribution in [3.05, 3.63) is 0 Å². The minimum absolute atomic E-state index is 0. The quantitative estimate of drug-likeness (QED) is 0.652. The molecule has 2 aliphatic heterocycles. The van der Waals surface area contributed by atoms with Crippen LogP contribution in [0, 0.1) is 11.8 Å². The Balaban J connectivity index is 0.00000225. The van der Waals surface area contributed by atoms with Crippen LogP contribution < -0.4 is 5.32 Å². The van der Waals surface area contributed by atoms with Crippen molar-refractivity contribution in [3.63, 3.8) is 0 Å². The first-order valence-electron chi connectivity index (χ1n) is 8.79. The Hall–Kier alpha value is -0.860. The zero-order valence-electron chi connectivity index (χ0n) is 14.6. The van der Waals surface area contributed by atoms with Crippen LogP contribution in [-0.2, 0) is 19.4 Å². The van der Waals surface area contributed by atoms with Gasteiger partial charge in [-0.25, -0.2) is 8.42 Å². The molecule has 3 aliphatic rings. The molecule has 1 N–H and O–H groups in total. The number of halogens is 1. The maximum absolute atomic E-state index is 12.3. The molecule has 144 valence electrons. The van der Waals surface area contributed by atoms with E-state index in [2.05, 4.69) is 10.2 Å². The van der Waals surface area contributed by atoms with E-state index in [1.165, 1.54) is 19.1 Å². The van der Waals surface area contributed by atoms with E-state index in [0.29, 0.717) is 37.9 Å². The lowest BCUT2D eigenvalue weighted by Gasteiger charge is -2.22. The van der Waals surface area contributed by atoms with Gasteiger partial charge in [0.05, 0.1) is 12.3 Å². The number of rotatable bonds is 7. The summed E-state index contributed by atoms with van der Waals surface area (Å²) in [5, 5.41) is 3.10. The second-order valence-electron chi connectivity index (χ2n) is 7.48. The summed E-state index contributed by atoms with van der Waals surface area (Å²) in [4.78, 5) is 27.7. The molecule has 2 atom stereocenters. The number of hydrogen-bond donors (Lipinski definition) is 1. The Kier molecular flexibility index (Phi) is 6.73. The molecular formula is C16H28ClN3O4S. The smallest absolute Gasteiger partial charge is 0.239 e. The number of carbonyl (C=O) groups excluding carboxylic acids is 2. The van der Waals surface area contributed by atoms with Gasteiger partial charge in [0.25, 0.3) is 0 Å². The summed E-state index contributed by atoms with van der Waals surface area (Å²) in [5.74, 6) is 1.18. The number of nitrogens with zero attached hydrogens (tertiary/aromatic N) is 2. The van der Waals surface area contributed by atoms with Crippen molar-refractivity contribution in [3.8, 4) is 0 Å². The molecule has 0 unspecified atom stereocenters. The predicted octanol–water partition coefficient (Wildman–Crippen LogP) is -0.0982.